The first kappa shape index (κ1) is 14.3. The SMILES string of the molecule is CCCCC(CC)CNc1c(F)cccc1Cl. The molecule has 0 radical (unpaired) electrons. The van der Waals surface area contributed by atoms with Gasteiger partial charge >= 0.3 is 0 Å². The predicted octanol–water partition coefficient (Wildman–Crippen LogP) is 5.11. The molecule has 0 saturated carbocycles. The van der Waals surface area contributed by atoms with Crippen molar-refractivity contribution in [3.8, 4) is 0 Å². The molecule has 1 aromatic rings. The molecule has 0 aliphatic rings. The van der Waals surface area contributed by atoms with E-state index >= 15 is 0 Å². The molecular weight excluding hydrogens is 237 g/mol. The largest absolute Gasteiger partial charge is 0.381 e. The van der Waals surface area contributed by atoms with E-state index in [-0.39, 0.29) is 5.82 Å². The van der Waals surface area contributed by atoms with Gasteiger partial charge in [-0.2, -0.15) is 0 Å². The number of unbranched alkanes of at least 4 members (excludes halogenated alkanes) is 1. The number of hydrogen-bond acceptors (Lipinski definition) is 1. The van der Waals surface area contributed by atoms with E-state index in [1.807, 2.05) is 0 Å². The summed E-state index contributed by atoms with van der Waals surface area (Å²) in [6.07, 6.45) is 4.73. The summed E-state index contributed by atoms with van der Waals surface area (Å²) in [6.45, 7) is 5.15. The minimum absolute atomic E-state index is 0.275. The summed E-state index contributed by atoms with van der Waals surface area (Å²) in [5.74, 6) is 0.313. The Morgan fingerprint density at radius 3 is 2.71 bits per heavy atom. The summed E-state index contributed by atoms with van der Waals surface area (Å²) in [5.41, 5.74) is 0.434. The molecular formula is C14H21ClFN. The van der Waals surface area contributed by atoms with Gasteiger partial charge in [0.2, 0.25) is 0 Å². The Morgan fingerprint density at radius 2 is 2.12 bits per heavy atom. The van der Waals surface area contributed by atoms with Gasteiger partial charge in [0, 0.05) is 6.54 Å². The number of anilines is 1. The second-order valence-electron chi connectivity index (χ2n) is 4.39. The zero-order chi connectivity index (χ0) is 12.7. The monoisotopic (exact) mass is 257 g/mol. The molecule has 1 aromatic carbocycles. The summed E-state index contributed by atoms with van der Waals surface area (Å²) < 4.78 is 13.5. The molecule has 0 bridgehead atoms. The van der Waals surface area contributed by atoms with Gasteiger partial charge in [0.25, 0.3) is 0 Å². The topological polar surface area (TPSA) is 12.0 Å². The Morgan fingerprint density at radius 1 is 1.35 bits per heavy atom. The minimum atomic E-state index is -0.275. The normalized spacial score (nSPS) is 12.5. The van der Waals surface area contributed by atoms with Gasteiger partial charge in [-0.15, -0.1) is 0 Å². The molecule has 0 saturated heterocycles. The third-order valence-electron chi connectivity index (χ3n) is 3.07. The van der Waals surface area contributed by atoms with Crippen LogP contribution >= 0.6 is 11.6 Å². The van der Waals surface area contributed by atoms with Crippen molar-refractivity contribution in [1.82, 2.24) is 0 Å². The molecule has 1 N–H and O–H groups in total. The molecule has 0 amide bonds. The Balaban J connectivity index is 2.53. The zero-order valence-corrected chi connectivity index (χ0v) is 11.4. The van der Waals surface area contributed by atoms with E-state index in [0.29, 0.717) is 16.6 Å². The minimum Gasteiger partial charge on any atom is -0.381 e. The Hall–Kier alpha value is -0.760. The number of hydrogen-bond donors (Lipinski definition) is 1. The van der Waals surface area contributed by atoms with Crippen LogP contribution in [0.25, 0.3) is 0 Å². The standard InChI is InChI=1S/C14H21ClFN/c1-3-5-7-11(4-2)10-17-14-12(15)8-6-9-13(14)16/h6,8-9,11,17H,3-5,7,10H2,1-2H3. The number of rotatable bonds is 7. The van der Waals surface area contributed by atoms with E-state index in [1.165, 1.54) is 25.3 Å². The van der Waals surface area contributed by atoms with Crippen molar-refractivity contribution in [2.24, 2.45) is 5.92 Å². The van der Waals surface area contributed by atoms with Crippen LogP contribution in [0.5, 0.6) is 0 Å². The van der Waals surface area contributed by atoms with Crippen LogP contribution in [0.4, 0.5) is 10.1 Å². The van der Waals surface area contributed by atoms with Gasteiger partial charge in [-0.05, 0) is 24.5 Å². The third kappa shape index (κ3) is 4.55. The van der Waals surface area contributed by atoms with Crippen LogP contribution in [0.3, 0.4) is 0 Å². The maximum atomic E-state index is 13.5. The first-order chi connectivity index (χ1) is 8.19. The predicted molar refractivity (Wildman–Crippen MR) is 73.2 cm³/mol. The van der Waals surface area contributed by atoms with Gasteiger partial charge in [-0.1, -0.05) is 50.8 Å². The number of para-hydroxylation sites is 1. The summed E-state index contributed by atoms with van der Waals surface area (Å²) in [4.78, 5) is 0. The molecule has 1 rings (SSSR count). The van der Waals surface area contributed by atoms with E-state index in [1.54, 1.807) is 12.1 Å². The fraction of sp³-hybridized carbons (Fsp3) is 0.571. The highest BCUT2D eigenvalue weighted by Crippen LogP contribution is 2.25. The van der Waals surface area contributed by atoms with Gasteiger partial charge in [0.05, 0.1) is 10.7 Å². The van der Waals surface area contributed by atoms with Crippen molar-refractivity contribution >= 4 is 17.3 Å². The van der Waals surface area contributed by atoms with Crippen molar-refractivity contribution < 1.29 is 4.39 Å². The molecule has 0 heterocycles. The fourth-order valence-electron chi connectivity index (χ4n) is 1.86. The maximum absolute atomic E-state index is 13.5. The molecule has 17 heavy (non-hydrogen) atoms. The maximum Gasteiger partial charge on any atom is 0.147 e. The molecule has 1 nitrogen and oxygen atoms in total. The quantitative estimate of drug-likeness (QED) is 0.716. The van der Waals surface area contributed by atoms with Crippen LogP contribution in [-0.4, -0.2) is 6.54 Å². The third-order valence-corrected chi connectivity index (χ3v) is 3.39. The van der Waals surface area contributed by atoms with Crippen molar-refractivity contribution in [1.29, 1.82) is 0 Å². The molecule has 3 heteroatoms. The van der Waals surface area contributed by atoms with Crippen molar-refractivity contribution in [2.75, 3.05) is 11.9 Å². The summed E-state index contributed by atoms with van der Waals surface area (Å²) in [6, 6.07) is 4.76. The molecule has 0 fully saturated rings. The highest BCUT2D eigenvalue weighted by Gasteiger charge is 2.09. The van der Waals surface area contributed by atoms with Gasteiger partial charge in [-0.25, -0.2) is 4.39 Å². The molecule has 96 valence electrons. The smallest absolute Gasteiger partial charge is 0.147 e. The fourth-order valence-corrected chi connectivity index (χ4v) is 2.09. The second-order valence-corrected chi connectivity index (χ2v) is 4.80. The molecule has 0 aromatic heterocycles. The van der Waals surface area contributed by atoms with E-state index in [0.717, 1.165) is 13.0 Å². The van der Waals surface area contributed by atoms with Crippen LogP contribution in [-0.2, 0) is 0 Å². The summed E-state index contributed by atoms with van der Waals surface area (Å²) in [5, 5.41) is 3.59. The lowest BCUT2D eigenvalue weighted by molar-refractivity contribution is 0.471. The Kier molecular flexibility index (Phi) is 6.35. The lowest BCUT2D eigenvalue weighted by Crippen LogP contribution is -2.14. The number of halogens is 2. The first-order valence-corrected chi connectivity index (χ1v) is 6.74. The Bertz CT molecular complexity index is 321. The van der Waals surface area contributed by atoms with Gasteiger partial charge in [0.15, 0.2) is 0 Å². The van der Waals surface area contributed by atoms with Crippen LogP contribution in [0.2, 0.25) is 5.02 Å². The van der Waals surface area contributed by atoms with Crippen molar-refractivity contribution in [2.45, 2.75) is 39.5 Å². The van der Waals surface area contributed by atoms with Crippen molar-refractivity contribution in [3.63, 3.8) is 0 Å². The molecule has 0 spiro atoms. The van der Waals surface area contributed by atoms with Crippen LogP contribution in [0, 0.1) is 11.7 Å². The molecule has 1 atom stereocenters. The molecule has 0 aliphatic carbocycles. The average Bonchev–Trinajstić information content (AvgIpc) is 2.32. The van der Waals surface area contributed by atoms with Gasteiger partial charge in [-0.3, -0.25) is 0 Å². The van der Waals surface area contributed by atoms with E-state index in [9.17, 15) is 4.39 Å². The number of nitrogens with one attached hydrogen (secondary N) is 1. The van der Waals surface area contributed by atoms with E-state index < -0.39 is 0 Å². The zero-order valence-electron chi connectivity index (χ0n) is 10.6. The summed E-state index contributed by atoms with van der Waals surface area (Å²) >= 11 is 5.96. The van der Waals surface area contributed by atoms with Crippen LogP contribution in [0.1, 0.15) is 39.5 Å². The lowest BCUT2D eigenvalue weighted by Gasteiger charge is -2.17. The molecule has 1 unspecified atom stereocenters. The van der Waals surface area contributed by atoms with E-state index in [2.05, 4.69) is 19.2 Å². The second kappa shape index (κ2) is 7.54. The highest BCUT2D eigenvalue weighted by atomic mass is 35.5. The summed E-state index contributed by atoms with van der Waals surface area (Å²) in [7, 11) is 0. The van der Waals surface area contributed by atoms with E-state index in [4.69, 9.17) is 11.6 Å². The first-order valence-electron chi connectivity index (χ1n) is 6.36. The highest BCUT2D eigenvalue weighted by molar-refractivity contribution is 6.33. The lowest BCUT2D eigenvalue weighted by atomic mass is 9.99. The van der Waals surface area contributed by atoms with Crippen LogP contribution in [0.15, 0.2) is 18.2 Å². The van der Waals surface area contributed by atoms with Crippen molar-refractivity contribution in [3.05, 3.63) is 29.0 Å². The molecule has 0 aliphatic heterocycles. The average molecular weight is 258 g/mol. The van der Waals surface area contributed by atoms with Crippen LogP contribution < -0.4 is 5.32 Å². The van der Waals surface area contributed by atoms with Gasteiger partial charge < -0.3 is 5.32 Å². The number of benzene rings is 1. The van der Waals surface area contributed by atoms with Gasteiger partial charge in [0.1, 0.15) is 5.82 Å². The Labute approximate surface area is 108 Å².